The number of carbonyl (C=O) groups excluding carboxylic acids is 1. The highest BCUT2D eigenvalue weighted by Crippen LogP contribution is 2.28. The van der Waals surface area contributed by atoms with E-state index < -0.39 is 0 Å². The van der Waals surface area contributed by atoms with Crippen LogP contribution in [0.5, 0.6) is 5.75 Å². The van der Waals surface area contributed by atoms with Gasteiger partial charge in [0.05, 0.1) is 0 Å². The second-order valence-corrected chi connectivity index (χ2v) is 6.91. The fourth-order valence-corrected chi connectivity index (χ4v) is 3.02. The summed E-state index contributed by atoms with van der Waals surface area (Å²) in [6, 6.07) is 21.6. The molecule has 3 aromatic rings. The summed E-state index contributed by atoms with van der Waals surface area (Å²) < 4.78 is 6.73. The van der Waals surface area contributed by atoms with Gasteiger partial charge in [0.15, 0.2) is 6.61 Å². The number of nitrogens with one attached hydrogen (secondary N) is 1. The maximum Gasteiger partial charge on any atom is 0.262 e. The van der Waals surface area contributed by atoms with E-state index in [0.29, 0.717) is 5.75 Å². The zero-order valence-electron chi connectivity index (χ0n) is 14.8. The average Bonchev–Trinajstić information content (AvgIpc) is 2.65. The first-order chi connectivity index (χ1) is 12.5. The molecule has 0 spiro atoms. The van der Waals surface area contributed by atoms with Gasteiger partial charge in [-0.05, 0) is 48.7 Å². The van der Waals surface area contributed by atoms with E-state index in [1.165, 1.54) is 0 Å². The summed E-state index contributed by atoms with van der Waals surface area (Å²) >= 11 is 3.53. The summed E-state index contributed by atoms with van der Waals surface area (Å²) in [5, 5.41) is 2.95. The predicted molar refractivity (Wildman–Crippen MR) is 110 cm³/mol. The number of anilines is 1. The molecule has 132 valence electrons. The second-order valence-electron chi connectivity index (χ2n) is 6.12. The molecule has 4 heteroatoms. The number of aryl methyl sites for hydroxylation is 2. The molecule has 0 bridgehead atoms. The number of hydrogen-bond donors (Lipinski definition) is 1. The van der Waals surface area contributed by atoms with Crippen molar-refractivity contribution in [1.82, 2.24) is 0 Å². The van der Waals surface area contributed by atoms with Gasteiger partial charge in [-0.2, -0.15) is 0 Å². The zero-order chi connectivity index (χ0) is 18.5. The third kappa shape index (κ3) is 4.33. The smallest absolute Gasteiger partial charge is 0.262 e. The molecule has 0 atom stereocenters. The lowest BCUT2D eigenvalue weighted by molar-refractivity contribution is -0.118. The minimum Gasteiger partial charge on any atom is -0.484 e. The van der Waals surface area contributed by atoms with Crippen molar-refractivity contribution in [2.24, 2.45) is 0 Å². The lowest BCUT2D eigenvalue weighted by Gasteiger charge is -2.13. The molecule has 0 unspecified atom stereocenters. The van der Waals surface area contributed by atoms with Crippen LogP contribution >= 0.6 is 15.9 Å². The standard InChI is InChI=1S/C22H20BrNO2/c1-15-12-18(13-16(2)22(15)23)26-14-21(25)24-20-11-7-6-10-19(20)17-8-4-3-5-9-17/h3-13H,14H2,1-2H3,(H,24,25). The Kier molecular flexibility index (Phi) is 5.74. The quantitative estimate of drug-likeness (QED) is 0.582. The van der Waals surface area contributed by atoms with Crippen LogP contribution in [0.25, 0.3) is 11.1 Å². The molecule has 1 N–H and O–H groups in total. The Bertz CT molecular complexity index is 899. The Morgan fingerprint density at radius 3 is 2.27 bits per heavy atom. The predicted octanol–water partition coefficient (Wildman–Crippen LogP) is 5.75. The van der Waals surface area contributed by atoms with Crippen LogP contribution in [0.4, 0.5) is 5.69 Å². The molecule has 3 aromatic carbocycles. The molecule has 1 amide bonds. The maximum absolute atomic E-state index is 12.4. The van der Waals surface area contributed by atoms with Crippen molar-refractivity contribution < 1.29 is 9.53 Å². The summed E-state index contributed by atoms with van der Waals surface area (Å²) in [7, 11) is 0. The number of benzene rings is 3. The first-order valence-corrected chi connectivity index (χ1v) is 9.18. The molecule has 0 saturated carbocycles. The molecule has 3 nitrogen and oxygen atoms in total. The fraction of sp³-hybridized carbons (Fsp3) is 0.136. The number of rotatable bonds is 5. The van der Waals surface area contributed by atoms with Crippen molar-refractivity contribution in [3.8, 4) is 16.9 Å². The summed E-state index contributed by atoms with van der Waals surface area (Å²) in [4.78, 5) is 12.4. The molecule has 0 aromatic heterocycles. The fourth-order valence-electron chi connectivity index (χ4n) is 2.79. The topological polar surface area (TPSA) is 38.3 Å². The van der Waals surface area contributed by atoms with Gasteiger partial charge >= 0.3 is 0 Å². The van der Waals surface area contributed by atoms with E-state index in [4.69, 9.17) is 4.74 Å². The van der Waals surface area contributed by atoms with Crippen molar-refractivity contribution in [3.05, 3.63) is 82.3 Å². The van der Waals surface area contributed by atoms with E-state index in [0.717, 1.165) is 32.4 Å². The average molecular weight is 410 g/mol. The van der Waals surface area contributed by atoms with Crippen LogP contribution < -0.4 is 10.1 Å². The highest BCUT2D eigenvalue weighted by Gasteiger charge is 2.10. The normalized spacial score (nSPS) is 10.4. The number of para-hydroxylation sites is 1. The third-order valence-electron chi connectivity index (χ3n) is 4.07. The molecule has 0 aliphatic heterocycles. The molecule has 0 heterocycles. The van der Waals surface area contributed by atoms with Gasteiger partial charge in [-0.1, -0.05) is 64.5 Å². The highest BCUT2D eigenvalue weighted by molar-refractivity contribution is 9.10. The lowest BCUT2D eigenvalue weighted by Crippen LogP contribution is -2.20. The second kappa shape index (κ2) is 8.19. The molecule has 0 aliphatic rings. The van der Waals surface area contributed by atoms with Crippen LogP contribution in [-0.4, -0.2) is 12.5 Å². The molecule has 0 radical (unpaired) electrons. The third-order valence-corrected chi connectivity index (χ3v) is 5.32. The highest BCUT2D eigenvalue weighted by atomic mass is 79.9. The molecular weight excluding hydrogens is 390 g/mol. The largest absolute Gasteiger partial charge is 0.484 e. The van der Waals surface area contributed by atoms with E-state index >= 15 is 0 Å². The Labute approximate surface area is 162 Å². The summed E-state index contributed by atoms with van der Waals surface area (Å²) in [6.07, 6.45) is 0. The zero-order valence-corrected chi connectivity index (χ0v) is 16.3. The van der Waals surface area contributed by atoms with E-state index in [9.17, 15) is 4.79 Å². The Balaban J connectivity index is 1.70. The van der Waals surface area contributed by atoms with Gasteiger partial charge < -0.3 is 10.1 Å². The van der Waals surface area contributed by atoms with Crippen LogP contribution in [0.1, 0.15) is 11.1 Å². The van der Waals surface area contributed by atoms with Crippen molar-refractivity contribution in [2.75, 3.05) is 11.9 Å². The minimum atomic E-state index is -0.188. The molecule has 3 rings (SSSR count). The minimum absolute atomic E-state index is 0.0381. The van der Waals surface area contributed by atoms with Gasteiger partial charge in [0.2, 0.25) is 0 Å². The van der Waals surface area contributed by atoms with E-state index in [-0.39, 0.29) is 12.5 Å². The number of halogens is 1. The Morgan fingerprint density at radius 2 is 1.58 bits per heavy atom. The first-order valence-electron chi connectivity index (χ1n) is 8.38. The number of amides is 1. The summed E-state index contributed by atoms with van der Waals surface area (Å²) in [5.41, 5.74) is 4.97. The van der Waals surface area contributed by atoms with Crippen molar-refractivity contribution in [1.29, 1.82) is 0 Å². The Hall–Kier alpha value is -2.59. The van der Waals surface area contributed by atoms with Gasteiger partial charge in [0.25, 0.3) is 5.91 Å². The van der Waals surface area contributed by atoms with Gasteiger partial charge in [-0.15, -0.1) is 0 Å². The van der Waals surface area contributed by atoms with Crippen LogP contribution in [0.15, 0.2) is 71.2 Å². The lowest BCUT2D eigenvalue weighted by atomic mass is 10.0. The van der Waals surface area contributed by atoms with Crippen molar-refractivity contribution in [3.63, 3.8) is 0 Å². The van der Waals surface area contributed by atoms with E-state index in [2.05, 4.69) is 21.2 Å². The van der Waals surface area contributed by atoms with E-state index in [1.54, 1.807) is 0 Å². The number of ether oxygens (including phenoxy) is 1. The molecule has 0 saturated heterocycles. The maximum atomic E-state index is 12.4. The van der Waals surface area contributed by atoms with Gasteiger partial charge in [0.1, 0.15) is 5.75 Å². The van der Waals surface area contributed by atoms with Crippen LogP contribution in [0, 0.1) is 13.8 Å². The summed E-state index contributed by atoms with van der Waals surface area (Å²) in [6.45, 7) is 3.96. The van der Waals surface area contributed by atoms with E-state index in [1.807, 2.05) is 80.6 Å². The van der Waals surface area contributed by atoms with Crippen LogP contribution in [0.2, 0.25) is 0 Å². The molecule has 0 aliphatic carbocycles. The SMILES string of the molecule is Cc1cc(OCC(=O)Nc2ccccc2-c2ccccc2)cc(C)c1Br. The summed E-state index contributed by atoms with van der Waals surface area (Å²) in [5.74, 6) is 0.501. The van der Waals surface area contributed by atoms with Crippen molar-refractivity contribution >= 4 is 27.5 Å². The van der Waals surface area contributed by atoms with Gasteiger partial charge in [-0.25, -0.2) is 0 Å². The monoisotopic (exact) mass is 409 g/mol. The number of hydrogen-bond acceptors (Lipinski definition) is 2. The van der Waals surface area contributed by atoms with Crippen molar-refractivity contribution in [2.45, 2.75) is 13.8 Å². The molecule has 0 fully saturated rings. The van der Waals surface area contributed by atoms with Crippen LogP contribution in [0.3, 0.4) is 0 Å². The van der Waals surface area contributed by atoms with Gasteiger partial charge in [0, 0.05) is 15.7 Å². The molecular formula is C22H20BrNO2. The molecule has 26 heavy (non-hydrogen) atoms. The van der Waals surface area contributed by atoms with Gasteiger partial charge in [-0.3, -0.25) is 4.79 Å². The Morgan fingerprint density at radius 1 is 0.962 bits per heavy atom. The van der Waals surface area contributed by atoms with Crippen LogP contribution in [-0.2, 0) is 4.79 Å². The first kappa shape index (κ1) is 18.2. The number of carbonyl (C=O) groups is 1.